The zero-order valence-corrected chi connectivity index (χ0v) is 9.44. The average molecular weight is 196 g/mol. The maximum Gasteiger partial charge on any atom is 0.0154 e. The van der Waals surface area contributed by atoms with Crippen LogP contribution in [0.5, 0.6) is 0 Å². The Bertz CT molecular complexity index is 169. The van der Waals surface area contributed by atoms with Gasteiger partial charge in [-0.2, -0.15) is 0 Å². The first kappa shape index (κ1) is 10.4. The molecule has 0 bridgehead atoms. The Morgan fingerprint density at radius 3 is 2.93 bits per heavy atom. The molecule has 1 aliphatic heterocycles. The molecular formula is C12H24N2. The predicted molar refractivity (Wildman–Crippen MR) is 60.5 cm³/mol. The van der Waals surface area contributed by atoms with E-state index in [2.05, 4.69) is 17.6 Å². The van der Waals surface area contributed by atoms with Crippen molar-refractivity contribution in [2.45, 2.75) is 51.0 Å². The molecule has 0 aromatic rings. The van der Waals surface area contributed by atoms with E-state index in [-0.39, 0.29) is 0 Å². The van der Waals surface area contributed by atoms with Gasteiger partial charge in [-0.25, -0.2) is 0 Å². The van der Waals surface area contributed by atoms with Crippen molar-refractivity contribution >= 4 is 0 Å². The highest BCUT2D eigenvalue weighted by Gasteiger charge is 2.35. The summed E-state index contributed by atoms with van der Waals surface area (Å²) < 4.78 is 0. The Morgan fingerprint density at radius 1 is 1.43 bits per heavy atom. The summed E-state index contributed by atoms with van der Waals surface area (Å²) in [5.74, 6) is 0.956. The fraction of sp³-hybridized carbons (Fsp3) is 1.00. The Morgan fingerprint density at radius 2 is 2.29 bits per heavy atom. The minimum atomic E-state index is 0.533. The quantitative estimate of drug-likeness (QED) is 0.656. The number of hydrogen-bond donors (Lipinski definition) is 2. The lowest BCUT2D eigenvalue weighted by molar-refractivity contribution is 0.345. The maximum absolute atomic E-state index is 3.65. The fourth-order valence-corrected chi connectivity index (χ4v) is 2.32. The van der Waals surface area contributed by atoms with E-state index in [0.717, 1.165) is 5.92 Å². The molecule has 1 saturated heterocycles. The zero-order chi connectivity index (χ0) is 9.86. The molecule has 2 rings (SSSR count). The van der Waals surface area contributed by atoms with E-state index in [9.17, 15) is 0 Å². The molecular weight excluding hydrogens is 172 g/mol. The lowest BCUT2D eigenvalue weighted by Crippen LogP contribution is -2.32. The van der Waals surface area contributed by atoms with Crippen molar-refractivity contribution in [1.82, 2.24) is 10.6 Å². The van der Waals surface area contributed by atoms with Crippen molar-refractivity contribution < 1.29 is 0 Å². The van der Waals surface area contributed by atoms with Gasteiger partial charge in [0, 0.05) is 5.54 Å². The summed E-state index contributed by atoms with van der Waals surface area (Å²) >= 11 is 0. The molecule has 2 heteroatoms. The van der Waals surface area contributed by atoms with Gasteiger partial charge in [0.1, 0.15) is 0 Å². The number of hydrogen-bond acceptors (Lipinski definition) is 2. The van der Waals surface area contributed by atoms with Gasteiger partial charge >= 0.3 is 0 Å². The van der Waals surface area contributed by atoms with Crippen molar-refractivity contribution in [1.29, 1.82) is 0 Å². The van der Waals surface area contributed by atoms with Crippen LogP contribution < -0.4 is 10.6 Å². The Kier molecular flexibility index (Phi) is 3.45. The topological polar surface area (TPSA) is 24.1 Å². The van der Waals surface area contributed by atoms with Crippen LogP contribution >= 0.6 is 0 Å². The van der Waals surface area contributed by atoms with Crippen LogP contribution in [0, 0.1) is 5.92 Å². The van der Waals surface area contributed by atoms with Crippen LogP contribution in [0.4, 0.5) is 0 Å². The van der Waals surface area contributed by atoms with E-state index in [4.69, 9.17) is 0 Å². The van der Waals surface area contributed by atoms with Crippen LogP contribution in [-0.4, -0.2) is 25.2 Å². The molecule has 2 N–H and O–H groups in total. The molecule has 2 nitrogen and oxygen atoms in total. The molecule has 14 heavy (non-hydrogen) atoms. The molecule has 1 heterocycles. The van der Waals surface area contributed by atoms with Crippen molar-refractivity contribution in [3.05, 3.63) is 0 Å². The highest BCUT2D eigenvalue weighted by molar-refractivity contribution is 4.97. The molecule has 1 atom stereocenters. The minimum absolute atomic E-state index is 0.533. The van der Waals surface area contributed by atoms with Gasteiger partial charge in [0.05, 0.1) is 0 Å². The molecule has 0 aromatic carbocycles. The second-order valence-electron chi connectivity index (χ2n) is 5.34. The van der Waals surface area contributed by atoms with Crippen molar-refractivity contribution in [3.63, 3.8) is 0 Å². The van der Waals surface area contributed by atoms with Gasteiger partial charge < -0.3 is 10.6 Å². The van der Waals surface area contributed by atoms with Crippen LogP contribution in [0.3, 0.4) is 0 Å². The molecule has 82 valence electrons. The van der Waals surface area contributed by atoms with Gasteiger partial charge in [0.2, 0.25) is 0 Å². The second kappa shape index (κ2) is 4.63. The second-order valence-corrected chi connectivity index (χ2v) is 5.34. The molecule has 0 amide bonds. The summed E-state index contributed by atoms with van der Waals surface area (Å²) in [6.07, 6.45) is 8.38. The lowest BCUT2D eigenvalue weighted by atomic mass is 9.95. The van der Waals surface area contributed by atoms with Crippen molar-refractivity contribution in [3.8, 4) is 0 Å². The fourth-order valence-electron chi connectivity index (χ4n) is 2.32. The van der Waals surface area contributed by atoms with Crippen molar-refractivity contribution in [2.75, 3.05) is 19.6 Å². The first-order chi connectivity index (χ1) is 6.79. The Labute approximate surface area is 87.8 Å². The van der Waals surface area contributed by atoms with E-state index in [1.165, 1.54) is 58.2 Å². The SMILES string of the molecule is CC1(NCCCC2CCCNC2)CC1. The zero-order valence-electron chi connectivity index (χ0n) is 9.44. The van der Waals surface area contributed by atoms with E-state index in [1.807, 2.05) is 0 Å². The van der Waals surface area contributed by atoms with Crippen LogP contribution in [0.1, 0.15) is 45.4 Å². The van der Waals surface area contributed by atoms with Gasteiger partial charge in [0.25, 0.3) is 0 Å². The van der Waals surface area contributed by atoms with Gasteiger partial charge in [-0.05, 0) is 71.0 Å². The summed E-state index contributed by atoms with van der Waals surface area (Å²) in [4.78, 5) is 0. The molecule has 0 spiro atoms. The Hall–Kier alpha value is -0.0800. The third-order valence-corrected chi connectivity index (χ3v) is 3.74. The van der Waals surface area contributed by atoms with E-state index < -0.39 is 0 Å². The largest absolute Gasteiger partial charge is 0.316 e. The highest BCUT2D eigenvalue weighted by atomic mass is 15.0. The number of piperidine rings is 1. The first-order valence-corrected chi connectivity index (χ1v) is 6.24. The molecule has 0 radical (unpaired) electrons. The molecule has 2 aliphatic rings. The van der Waals surface area contributed by atoms with Crippen LogP contribution in [0.2, 0.25) is 0 Å². The number of nitrogens with one attached hydrogen (secondary N) is 2. The van der Waals surface area contributed by atoms with E-state index in [0.29, 0.717) is 5.54 Å². The molecule has 2 fully saturated rings. The van der Waals surface area contributed by atoms with Crippen LogP contribution in [0.15, 0.2) is 0 Å². The van der Waals surface area contributed by atoms with Crippen LogP contribution in [0.25, 0.3) is 0 Å². The van der Waals surface area contributed by atoms with Crippen molar-refractivity contribution in [2.24, 2.45) is 5.92 Å². The highest BCUT2D eigenvalue weighted by Crippen LogP contribution is 2.34. The smallest absolute Gasteiger partial charge is 0.0154 e. The average Bonchev–Trinajstić information content (AvgIpc) is 2.94. The number of rotatable bonds is 5. The van der Waals surface area contributed by atoms with Gasteiger partial charge in [-0.3, -0.25) is 0 Å². The summed E-state index contributed by atoms with van der Waals surface area (Å²) in [6.45, 7) is 6.08. The van der Waals surface area contributed by atoms with Gasteiger partial charge in [0.15, 0.2) is 0 Å². The molecule has 1 aliphatic carbocycles. The predicted octanol–water partition coefficient (Wildman–Crippen LogP) is 1.91. The van der Waals surface area contributed by atoms with E-state index in [1.54, 1.807) is 0 Å². The third kappa shape index (κ3) is 3.25. The molecule has 1 saturated carbocycles. The van der Waals surface area contributed by atoms with Gasteiger partial charge in [-0.1, -0.05) is 0 Å². The first-order valence-electron chi connectivity index (χ1n) is 6.24. The Balaban J connectivity index is 1.49. The normalized spacial score (nSPS) is 30.2. The monoisotopic (exact) mass is 196 g/mol. The standard InChI is InChI=1S/C12H24N2/c1-12(6-7-12)14-9-3-5-11-4-2-8-13-10-11/h11,13-14H,2-10H2,1H3. The summed E-state index contributed by atoms with van der Waals surface area (Å²) in [6, 6.07) is 0. The van der Waals surface area contributed by atoms with E-state index >= 15 is 0 Å². The summed E-state index contributed by atoms with van der Waals surface area (Å²) in [5, 5.41) is 7.14. The summed E-state index contributed by atoms with van der Waals surface area (Å²) in [7, 11) is 0. The minimum Gasteiger partial charge on any atom is -0.316 e. The molecule has 1 unspecified atom stereocenters. The van der Waals surface area contributed by atoms with Gasteiger partial charge in [-0.15, -0.1) is 0 Å². The molecule has 0 aromatic heterocycles. The summed E-state index contributed by atoms with van der Waals surface area (Å²) in [5.41, 5.74) is 0.533. The third-order valence-electron chi connectivity index (χ3n) is 3.74. The lowest BCUT2D eigenvalue weighted by Gasteiger charge is -2.22. The maximum atomic E-state index is 3.65. The van der Waals surface area contributed by atoms with Crippen LogP contribution in [-0.2, 0) is 0 Å².